The number of nitrogens with one attached hydrogen (secondary N) is 1. The lowest BCUT2D eigenvalue weighted by Gasteiger charge is -2.19. The fraction of sp³-hybridized carbons (Fsp3) is 0.615. The predicted octanol–water partition coefficient (Wildman–Crippen LogP) is 1.89. The third-order valence-corrected chi connectivity index (χ3v) is 2.94. The minimum Gasteiger partial charge on any atom is -0.444 e. The first-order chi connectivity index (χ1) is 8.89. The average molecular weight is 264 g/mol. The summed E-state index contributed by atoms with van der Waals surface area (Å²) in [4.78, 5) is 19.8. The van der Waals surface area contributed by atoms with Gasteiger partial charge in [0.25, 0.3) is 0 Å². The number of aromatic nitrogens is 2. The Bertz CT molecular complexity index is 453. The number of nitrogens with two attached hydrogens (primary N) is 1. The molecule has 1 aliphatic rings. The van der Waals surface area contributed by atoms with Crippen LogP contribution in [0.2, 0.25) is 0 Å². The van der Waals surface area contributed by atoms with Crippen molar-refractivity contribution in [3.8, 4) is 0 Å². The van der Waals surface area contributed by atoms with Crippen LogP contribution in [0.1, 0.15) is 38.7 Å². The van der Waals surface area contributed by atoms with Crippen LogP contribution >= 0.6 is 0 Å². The zero-order valence-electron chi connectivity index (χ0n) is 11.5. The van der Waals surface area contributed by atoms with Gasteiger partial charge in [-0.2, -0.15) is 0 Å². The van der Waals surface area contributed by atoms with Gasteiger partial charge in [0.1, 0.15) is 5.60 Å². The number of carbonyl (C=O) groups excluding carboxylic acids is 1. The number of rotatable bonds is 3. The highest BCUT2D eigenvalue weighted by Crippen LogP contribution is 2.46. The molecule has 0 aliphatic heterocycles. The van der Waals surface area contributed by atoms with E-state index in [9.17, 15) is 4.79 Å². The predicted molar refractivity (Wildman–Crippen MR) is 71.8 cm³/mol. The van der Waals surface area contributed by atoms with Crippen molar-refractivity contribution in [2.45, 2.75) is 38.7 Å². The van der Waals surface area contributed by atoms with Gasteiger partial charge in [0, 0.05) is 12.4 Å². The van der Waals surface area contributed by atoms with Gasteiger partial charge in [-0.25, -0.2) is 14.8 Å². The lowest BCUT2D eigenvalue weighted by Crippen LogP contribution is -2.27. The second kappa shape index (κ2) is 5.13. The van der Waals surface area contributed by atoms with Crippen LogP contribution in [0, 0.1) is 5.92 Å². The number of hydrogen-bond donors (Lipinski definition) is 2. The van der Waals surface area contributed by atoms with Crippen LogP contribution in [-0.4, -0.2) is 28.2 Å². The Morgan fingerprint density at radius 1 is 1.47 bits per heavy atom. The van der Waals surface area contributed by atoms with Crippen LogP contribution in [0.3, 0.4) is 0 Å². The van der Waals surface area contributed by atoms with Gasteiger partial charge in [-0.05, 0) is 51.1 Å². The number of ether oxygens (including phenoxy) is 1. The van der Waals surface area contributed by atoms with E-state index in [1.807, 2.05) is 0 Å². The zero-order valence-corrected chi connectivity index (χ0v) is 11.5. The molecule has 1 aromatic rings. The molecule has 104 valence electrons. The molecule has 1 heterocycles. The van der Waals surface area contributed by atoms with Gasteiger partial charge >= 0.3 is 6.09 Å². The Hall–Kier alpha value is -1.69. The van der Waals surface area contributed by atoms with Crippen molar-refractivity contribution in [3.63, 3.8) is 0 Å². The van der Waals surface area contributed by atoms with E-state index in [1.54, 1.807) is 33.2 Å². The number of hydrogen-bond acceptors (Lipinski definition) is 5. The lowest BCUT2D eigenvalue weighted by molar-refractivity contribution is 0.0634. The third-order valence-electron chi connectivity index (χ3n) is 2.94. The van der Waals surface area contributed by atoms with Crippen LogP contribution < -0.4 is 11.1 Å². The molecule has 1 aliphatic carbocycles. The van der Waals surface area contributed by atoms with Crippen molar-refractivity contribution in [1.82, 2.24) is 9.97 Å². The van der Waals surface area contributed by atoms with Crippen LogP contribution in [0.25, 0.3) is 0 Å². The summed E-state index contributed by atoms with van der Waals surface area (Å²) in [5.74, 6) is 1.27. The van der Waals surface area contributed by atoms with Crippen molar-refractivity contribution < 1.29 is 9.53 Å². The van der Waals surface area contributed by atoms with E-state index < -0.39 is 11.7 Å². The van der Waals surface area contributed by atoms with Gasteiger partial charge in [0.05, 0.1) is 0 Å². The van der Waals surface area contributed by atoms with Crippen molar-refractivity contribution in [2.24, 2.45) is 11.7 Å². The molecule has 0 spiro atoms. The summed E-state index contributed by atoms with van der Waals surface area (Å²) >= 11 is 0. The highest BCUT2D eigenvalue weighted by Gasteiger charge is 2.37. The molecular weight excluding hydrogens is 244 g/mol. The van der Waals surface area contributed by atoms with Gasteiger partial charge in [-0.15, -0.1) is 0 Å². The Morgan fingerprint density at radius 2 is 2.11 bits per heavy atom. The number of carbonyl (C=O) groups is 1. The summed E-state index contributed by atoms with van der Waals surface area (Å²) in [6.07, 6.45) is 4.02. The quantitative estimate of drug-likeness (QED) is 0.870. The van der Waals surface area contributed by atoms with E-state index >= 15 is 0 Å². The van der Waals surface area contributed by atoms with E-state index in [0.717, 1.165) is 12.0 Å². The zero-order chi connectivity index (χ0) is 14.0. The average Bonchev–Trinajstić information content (AvgIpc) is 3.06. The number of amides is 1. The second-order valence-electron chi connectivity index (χ2n) is 5.80. The molecular formula is C13H20N4O2. The first kappa shape index (κ1) is 13.7. The van der Waals surface area contributed by atoms with Crippen LogP contribution in [0.15, 0.2) is 12.4 Å². The van der Waals surface area contributed by atoms with Gasteiger partial charge in [0.15, 0.2) is 0 Å². The molecule has 6 heteroatoms. The second-order valence-corrected chi connectivity index (χ2v) is 5.80. The molecule has 1 fully saturated rings. The summed E-state index contributed by atoms with van der Waals surface area (Å²) < 4.78 is 5.12. The van der Waals surface area contributed by atoms with Gasteiger partial charge < -0.3 is 10.5 Å². The molecule has 19 heavy (non-hydrogen) atoms. The van der Waals surface area contributed by atoms with E-state index in [2.05, 4.69) is 15.3 Å². The Morgan fingerprint density at radius 3 is 2.58 bits per heavy atom. The topological polar surface area (TPSA) is 90.1 Å². The van der Waals surface area contributed by atoms with Crippen molar-refractivity contribution in [1.29, 1.82) is 0 Å². The molecule has 0 aromatic carbocycles. The fourth-order valence-corrected chi connectivity index (χ4v) is 1.91. The molecule has 0 radical (unpaired) electrons. The minimum absolute atomic E-state index is 0.253. The maximum Gasteiger partial charge on any atom is 0.414 e. The van der Waals surface area contributed by atoms with E-state index in [-0.39, 0.29) is 5.95 Å². The van der Waals surface area contributed by atoms with Gasteiger partial charge in [-0.1, -0.05) is 0 Å². The third kappa shape index (κ3) is 3.89. The molecule has 1 amide bonds. The lowest BCUT2D eigenvalue weighted by atomic mass is 10.2. The first-order valence-electron chi connectivity index (χ1n) is 6.41. The summed E-state index contributed by atoms with van der Waals surface area (Å²) in [6.45, 7) is 6.10. The fourth-order valence-electron chi connectivity index (χ4n) is 1.91. The largest absolute Gasteiger partial charge is 0.444 e. The Kier molecular flexibility index (Phi) is 3.71. The number of nitrogens with zero attached hydrogens (tertiary/aromatic N) is 2. The van der Waals surface area contributed by atoms with Crippen molar-refractivity contribution in [2.75, 3.05) is 11.9 Å². The monoisotopic (exact) mass is 264 g/mol. The smallest absolute Gasteiger partial charge is 0.414 e. The van der Waals surface area contributed by atoms with Crippen molar-refractivity contribution in [3.05, 3.63) is 18.0 Å². The minimum atomic E-state index is -0.550. The molecule has 0 bridgehead atoms. The van der Waals surface area contributed by atoms with Crippen LogP contribution in [0.5, 0.6) is 0 Å². The van der Waals surface area contributed by atoms with Gasteiger partial charge in [-0.3, -0.25) is 5.32 Å². The van der Waals surface area contributed by atoms with Crippen LogP contribution in [0.4, 0.5) is 10.7 Å². The van der Waals surface area contributed by atoms with Gasteiger partial charge in [0.2, 0.25) is 5.95 Å². The molecule has 3 N–H and O–H groups in total. The number of anilines is 1. The normalized spacial score (nSPS) is 21.9. The molecule has 1 aromatic heterocycles. The molecule has 2 unspecified atom stereocenters. The Labute approximate surface area is 112 Å². The summed E-state index contributed by atoms with van der Waals surface area (Å²) in [5, 5.41) is 2.50. The Balaban J connectivity index is 1.90. The molecule has 1 saturated carbocycles. The standard InChI is InChI=1S/C13H20N4O2/c1-13(2,3)19-12(18)17-11-15-6-9(7-16-11)10-4-8(10)5-14/h6-8,10H,4-5,14H2,1-3H3,(H,15,16,17,18). The molecule has 0 saturated heterocycles. The van der Waals surface area contributed by atoms with E-state index in [1.165, 1.54) is 0 Å². The summed E-state index contributed by atoms with van der Waals surface area (Å²) in [5.41, 5.74) is 6.14. The maximum absolute atomic E-state index is 11.5. The van der Waals surface area contributed by atoms with Crippen LogP contribution in [-0.2, 0) is 4.74 Å². The highest BCUT2D eigenvalue weighted by molar-refractivity contribution is 5.82. The summed E-state index contributed by atoms with van der Waals surface area (Å²) in [6, 6.07) is 0. The molecule has 6 nitrogen and oxygen atoms in total. The SMILES string of the molecule is CC(C)(C)OC(=O)Nc1ncc(C2CC2CN)cn1. The van der Waals surface area contributed by atoms with E-state index in [0.29, 0.717) is 18.4 Å². The highest BCUT2D eigenvalue weighted by atomic mass is 16.6. The maximum atomic E-state index is 11.5. The first-order valence-corrected chi connectivity index (χ1v) is 6.41. The van der Waals surface area contributed by atoms with Crippen molar-refractivity contribution >= 4 is 12.0 Å². The molecule has 2 atom stereocenters. The summed E-state index contributed by atoms with van der Waals surface area (Å²) in [7, 11) is 0. The molecule has 2 rings (SSSR count). The van der Waals surface area contributed by atoms with E-state index in [4.69, 9.17) is 10.5 Å².